The molecule has 3 rings (SSSR count). The van der Waals surface area contributed by atoms with E-state index in [2.05, 4.69) is 22.5 Å². The van der Waals surface area contributed by atoms with Gasteiger partial charge in [-0.3, -0.25) is 19.2 Å². The molecule has 13 atom stereocenters. The Morgan fingerprint density at radius 1 is 1.00 bits per heavy atom. The molecule has 0 bridgehead atoms. The zero-order valence-corrected chi connectivity index (χ0v) is 36.3. The molecule has 1 aromatic carbocycles. The topological polar surface area (TPSA) is 199 Å². The van der Waals surface area contributed by atoms with Crippen LogP contribution in [-0.2, 0) is 42.9 Å². The number of likely N-dealkylation sites (N-methyl/N-ethyl adjacent to an activating group) is 1. The molecule has 0 aromatic heterocycles. The van der Waals surface area contributed by atoms with Crippen molar-refractivity contribution >= 4 is 41.1 Å². The smallest absolute Gasteiger partial charge is 0.407 e. The van der Waals surface area contributed by atoms with E-state index in [1.54, 1.807) is 52.0 Å². The SMILES string of the molecule is CC[C@H]1OC(=O)[C@H](C)C(=O)[C@H](C)[C@@H](O[C@@H]2O[C@H](C)C[C@H](N(C)C)[C@H]2O)[C@](C)(OC)C[C@@H](C)C(=O)[C@H](C)[C@@H](OC(=O)NCCNC(=O)C#Cc2ccccc2Cl)[C@]1(C)O. The third-order valence-corrected chi connectivity index (χ3v) is 11.7. The maximum atomic E-state index is 14.4. The number of aliphatic hydroxyl groups is 2. The van der Waals surface area contributed by atoms with Crippen LogP contribution in [0, 0.1) is 35.5 Å². The highest BCUT2D eigenvalue weighted by Gasteiger charge is 2.53. The largest absolute Gasteiger partial charge is 0.459 e. The van der Waals surface area contributed by atoms with E-state index < -0.39 is 95.1 Å². The van der Waals surface area contributed by atoms with Crippen molar-refractivity contribution in [3.8, 4) is 11.8 Å². The zero-order chi connectivity index (χ0) is 43.7. The molecular formula is C42H62ClN3O12. The molecular weight excluding hydrogens is 774 g/mol. The highest BCUT2D eigenvalue weighted by atomic mass is 35.5. The number of halogens is 1. The summed E-state index contributed by atoms with van der Waals surface area (Å²) in [6.45, 7) is 12.5. The van der Waals surface area contributed by atoms with Crippen LogP contribution in [0.15, 0.2) is 24.3 Å². The lowest BCUT2D eigenvalue weighted by molar-refractivity contribution is -0.295. The first-order valence-electron chi connectivity index (χ1n) is 19.8. The van der Waals surface area contributed by atoms with Crippen molar-refractivity contribution < 1.29 is 57.9 Å². The van der Waals surface area contributed by atoms with Gasteiger partial charge in [0.15, 0.2) is 12.1 Å². The second-order valence-corrected chi connectivity index (χ2v) is 16.6. The first kappa shape index (κ1) is 48.7. The van der Waals surface area contributed by atoms with Crippen molar-refractivity contribution in [2.24, 2.45) is 23.7 Å². The lowest BCUT2D eigenvalue weighted by Crippen LogP contribution is -2.60. The van der Waals surface area contributed by atoms with Crippen LogP contribution >= 0.6 is 11.6 Å². The van der Waals surface area contributed by atoms with Gasteiger partial charge in [-0.2, -0.15) is 0 Å². The number of esters is 1. The molecule has 4 N–H and O–H groups in total. The molecule has 2 heterocycles. The fourth-order valence-electron chi connectivity index (χ4n) is 7.87. The van der Waals surface area contributed by atoms with Crippen LogP contribution in [0.1, 0.15) is 80.2 Å². The van der Waals surface area contributed by atoms with Gasteiger partial charge in [-0.05, 0) is 73.2 Å². The minimum atomic E-state index is -2.12. The summed E-state index contributed by atoms with van der Waals surface area (Å²) in [4.78, 5) is 69.6. The lowest BCUT2D eigenvalue weighted by atomic mass is 9.74. The molecule has 2 aliphatic heterocycles. The predicted molar refractivity (Wildman–Crippen MR) is 214 cm³/mol. The predicted octanol–water partition coefficient (Wildman–Crippen LogP) is 3.28. The van der Waals surface area contributed by atoms with Crippen LogP contribution in [0.3, 0.4) is 0 Å². The molecule has 0 unspecified atom stereocenters. The Morgan fingerprint density at radius 2 is 1.62 bits per heavy atom. The van der Waals surface area contributed by atoms with Crippen LogP contribution in [0.4, 0.5) is 4.79 Å². The van der Waals surface area contributed by atoms with E-state index in [4.69, 9.17) is 35.3 Å². The number of alkyl carbamates (subject to hydrolysis) is 1. The Bertz CT molecular complexity index is 1680. The average Bonchev–Trinajstić information content (AvgIpc) is 3.18. The number of aliphatic hydroxyl groups excluding tert-OH is 1. The summed E-state index contributed by atoms with van der Waals surface area (Å²) in [6, 6.07) is 6.46. The number of benzene rings is 1. The highest BCUT2D eigenvalue weighted by Crippen LogP contribution is 2.39. The average molecular weight is 836 g/mol. The van der Waals surface area contributed by atoms with Gasteiger partial charge in [0.05, 0.1) is 28.7 Å². The minimum absolute atomic E-state index is 0.0133. The lowest BCUT2D eigenvalue weighted by Gasteiger charge is -2.47. The zero-order valence-electron chi connectivity index (χ0n) is 35.5. The number of nitrogens with one attached hydrogen (secondary N) is 2. The van der Waals surface area contributed by atoms with E-state index in [9.17, 15) is 34.2 Å². The number of Topliss-reactive ketones (excluding diaryl/α,β-unsaturated/α-hetero) is 2. The molecule has 0 radical (unpaired) electrons. The van der Waals surface area contributed by atoms with Gasteiger partial charge in [0, 0.05) is 49.6 Å². The van der Waals surface area contributed by atoms with Crippen LogP contribution in [0.2, 0.25) is 5.02 Å². The minimum Gasteiger partial charge on any atom is -0.459 e. The number of hydrogen-bond donors (Lipinski definition) is 4. The third-order valence-electron chi connectivity index (χ3n) is 11.4. The first-order chi connectivity index (χ1) is 27.1. The summed E-state index contributed by atoms with van der Waals surface area (Å²) in [6.07, 6.45) is -7.06. The van der Waals surface area contributed by atoms with E-state index in [1.165, 1.54) is 27.9 Å². The molecule has 15 nitrogen and oxygen atoms in total. The van der Waals surface area contributed by atoms with Gasteiger partial charge >= 0.3 is 12.1 Å². The van der Waals surface area contributed by atoms with Crippen molar-refractivity contribution in [3.05, 3.63) is 34.9 Å². The number of carbonyl (C=O) groups excluding carboxylic acids is 5. The van der Waals surface area contributed by atoms with E-state index in [0.717, 1.165) is 0 Å². The molecule has 2 amide bonds. The quantitative estimate of drug-likeness (QED) is 0.123. The van der Waals surface area contributed by atoms with Gasteiger partial charge < -0.3 is 49.4 Å². The molecule has 2 aliphatic rings. The van der Waals surface area contributed by atoms with E-state index in [1.807, 2.05) is 25.9 Å². The van der Waals surface area contributed by atoms with Crippen molar-refractivity contribution in [1.82, 2.24) is 15.5 Å². The molecule has 2 fully saturated rings. The molecule has 16 heteroatoms. The monoisotopic (exact) mass is 835 g/mol. The van der Waals surface area contributed by atoms with Gasteiger partial charge in [0.1, 0.15) is 35.6 Å². The van der Waals surface area contributed by atoms with E-state index in [0.29, 0.717) is 17.0 Å². The molecule has 0 saturated carbocycles. The van der Waals surface area contributed by atoms with Crippen molar-refractivity contribution in [2.75, 3.05) is 34.3 Å². The number of rotatable bonds is 9. The first-order valence-corrected chi connectivity index (χ1v) is 20.2. The number of ether oxygens (including phenoxy) is 5. The summed E-state index contributed by atoms with van der Waals surface area (Å²) in [5.41, 5.74) is -3.02. The summed E-state index contributed by atoms with van der Waals surface area (Å²) >= 11 is 6.09. The highest BCUT2D eigenvalue weighted by molar-refractivity contribution is 6.31. The van der Waals surface area contributed by atoms with Crippen LogP contribution in [0.5, 0.6) is 0 Å². The van der Waals surface area contributed by atoms with E-state index >= 15 is 0 Å². The molecule has 58 heavy (non-hydrogen) atoms. The summed E-state index contributed by atoms with van der Waals surface area (Å²) in [5, 5.41) is 28.9. The normalized spacial score (nSPS) is 35.2. The summed E-state index contributed by atoms with van der Waals surface area (Å²) in [5.74, 6) is -1.79. The number of ketones is 2. The second kappa shape index (κ2) is 21.1. The van der Waals surface area contributed by atoms with Gasteiger partial charge in [-0.1, -0.05) is 57.3 Å². The number of carbonyl (C=O) groups is 5. The Kier molecular flexibility index (Phi) is 17.7. The molecule has 324 valence electrons. The summed E-state index contributed by atoms with van der Waals surface area (Å²) in [7, 11) is 5.08. The maximum absolute atomic E-state index is 14.4. The number of cyclic esters (lactones) is 1. The number of nitrogens with zero attached hydrogens (tertiary/aromatic N) is 1. The standard InChI is InChI=1S/C42H62ClN3O12/c1-12-31-42(8,53)37(58-40(52)45-20-19-44-32(47)18-17-28-15-13-14-16-29(28)43)25(4)33(48)23(2)22-41(7,54-11)36(26(5)34(49)27(6)38(51)56-31)57-39-35(50)30(46(9)10)21-24(3)55-39/h13-16,23-27,30-31,35-37,39,50,53H,12,19-22H2,1-11H3,(H,44,47)(H,45,52)/t23-,24-,25+,26+,27-,30+,31-,35-,36-,37-,39+,41-,42-/m1/s1. The van der Waals surface area contributed by atoms with E-state index in [-0.39, 0.29) is 38.1 Å². The Hall–Kier alpha value is -3.62. The number of methoxy groups -OCH3 is 1. The Balaban J connectivity index is 1.91. The van der Waals surface area contributed by atoms with Crippen LogP contribution in [0.25, 0.3) is 0 Å². The molecule has 2 saturated heterocycles. The molecule has 0 aliphatic carbocycles. The maximum Gasteiger partial charge on any atom is 0.407 e. The van der Waals surface area contributed by atoms with Gasteiger partial charge in [0.25, 0.3) is 5.91 Å². The van der Waals surface area contributed by atoms with Gasteiger partial charge in [0.2, 0.25) is 0 Å². The van der Waals surface area contributed by atoms with Crippen molar-refractivity contribution in [1.29, 1.82) is 0 Å². The summed E-state index contributed by atoms with van der Waals surface area (Å²) < 4.78 is 30.2. The van der Waals surface area contributed by atoms with Crippen LogP contribution < -0.4 is 10.6 Å². The Labute approximate surface area is 347 Å². The fraction of sp³-hybridized carbons (Fsp3) is 0.690. The molecule has 1 aromatic rings. The fourth-order valence-corrected chi connectivity index (χ4v) is 8.05. The second-order valence-electron chi connectivity index (χ2n) is 16.2. The van der Waals surface area contributed by atoms with Gasteiger partial charge in [-0.25, -0.2) is 4.79 Å². The van der Waals surface area contributed by atoms with Crippen molar-refractivity contribution in [2.45, 2.75) is 129 Å². The van der Waals surface area contributed by atoms with Crippen LogP contribution in [-0.4, -0.2) is 133 Å². The number of amides is 2. The van der Waals surface area contributed by atoms with Crippen molar-refractivity contribution in [3.63, 3.8) is 0 Å². The van der Waals surface area contributed by atoms with Gasteiger partial charge in [-0.15, -0.1) is 0 Å². The molecule has 0 spiro atoms. The Morgan fingerprint density at radius 3 is 2.22 bits per heavy atom. The number of hydrogen-bond acceptors (Lipinski definition) is 13. The third kappa shape index (κ3) is 12.0.